The molecule has 1 saturated heterocycles. The van der Waals surface area contributed by atoms with Gasteiger partial charge in [-0.25, -0.2) is 14.8 Å². The zero-order valence-electron chi connectivity index (χ0n) is 14.0. The second-order valence-corrected chi connectivity index (χ2v) is 6.14. The van der Waals surface area contributed by atoms with E-state index in [1.165, 1.54) is 25.3 Å². The Morgan fingerprint density at radius 2 is 1.81 bits per heavy atom. The van der Waals surface area contributed by atoms with Crippen LogP contribution in [0.15, 0.2) is 36.5 Å². The van der Waals surface area contributed by atoms with Gasteiger partial charge in [0.1, 0.15) is 11.4 Å². The lowest BCUT2D eigenvalue weighted by Crippen LogP contribution is -2.40. The SMILES string of the molecule is Cc1ccnc(CN2C(=O)NC(C)(c3ccc(C(F)(F)F)cc3)C2=O)n1. The van der Waals surface area contributed by atoms with Gasteiger partial charge >= 0.3 is 12.2 Å². The molecule has 136 valence electrons. The number of hydrogen-bond acceptors (Lipinski definition) is 4. The van der Waals surface area contributed by atoms with Crippen LogP contribution in [0, 0.1) is 6.92 Å². The Bertz CT molecular complexity index is 867. The summed E-state index contributed by atoms with van der Waals surface area (Å²) in [7, 11) is 0. The maximum absolute atomic E-state index is 12.8. The molecule has 6 nitrogen and oxygen atoms in total. The molecule has 1 aromatic carbocycles. The number of carbonyl (C=O) groups is 2. The molecule has 26 heavy (non-hydrogen) atoms. The predicted octanol–water partition coefficient (Wildman–Crippen LogP) is 2.77. The quantitative estimate of drug-likeness (QED) is 0.850. The zero-order chi connectivity index (χ0) is 19.1. The number of halogens is 3. The van der Waals surface area contributed by atoms with E-state index in [9.17, 15) is 22.8 Å². The average Bonchev–Trinajstić information content (AvgIpc) is 2.79. The van der Waals surface area contributed by atoms with E-state index in [0.29, 0.717) is 11.5 Å². The van der Waals surface area contributed by atoms with Crippen molar-refractivity contribution in [3.63, 3.8) is 0 Å². The fourth-order valence-electron chi connectivity index (χ4n) is 2.75. The Hall–Kier alpha value is -2.97. The summed E-state index contributed by atoms with van der Waals surface area (Å²) in [4.78, 5) is 34.1. The molecule has 2 aromatic rings. The molecule has 3 rings (SSSR count). The average molecular weight is 364 g/mol. The number of carbonyl (C=O) groups excluding carboxylic acids is 2. The lowest BCUT2D eigenvalue weighted by molar-refractivity contribution is -0.137. The minimum atomic E-state index is -4.48. The lowest BCUT2D eigenvalue weighted by atomic mass is 9.91. The van der Waals surface area contributed by atoms with E-state index < -0.39 is 29.2 Å². The molecule has 1 atom stereocenters. The number of aromatic nitrogens is 2. The van der Waals surface area contributed by atoms with Crippen molar-refractivity contribution in [1.29, 1.82) is 0 Å². The molecule has 1 aliphatic heterocycles. The van der Waals surface area contributed by atoms with Gasteiger partial charge in [0.2, 0.25) is 0 Å². The fourth-order valence-corrected chi connectivity index (χ4v) is 2.75. The summed E-state index contributed by atoms with van der Waals surface area (Å²) in [5.41, 5.74) is -1.33. The highest BCUT2D eigenvalue weighted by atomic mass is 19.4. The number of nitrogens with zero attached hydrogens (tertiary/aromatic N) is 3. The van der Waals surface area contributed by atoms with Crippen molar-refractivity contribution in [1.82, 2.24) is 20.2 Å². The maximum atomic E-state index is 12.8. The van der Waals surface area contributed by atoms with Crippen molar-refractivity contribution < 1.29 is 22.8 Å². The van der Waals surface area contributed by atoms with Gasteiger partial charge in [-0.2, -0.15) is 13.2 Å². The van der Waals surface area contributed by atoms with Gasteiger partial charge in [0.05, 0.1) is 12.1 Å². The number of hydrogen-bond donors (Lipinski definition) is 1. The van der Waals surface area contributed by atoms with Crippen LogP contribution in [0.3, 0.4) is 0 Å². The van der Waals surface area contributed by atoms with Crippen LogP contribution in [0.25, 0.3) is 0 Å². The standard InChI is InChI=1S/C17H15F3N4O2/c1-10-7-8-21-13(22-10)9-24-14(25)16(2,23-15(24)26)11-3-5-12(6-4-11)17(18,19)20/h3-8H,9H2,1-2H3,(H,23,26). The molecule has 1 aliphatic rings. The Balaban J connectivity index is 1.87. The minimum Gasteiger partial charge on any atom is -0.319 e. The van der Waals surface area contributed by atoms with Crippen molar-refractivity contribution >= 4 is 11.9 Å². The van der Waals surface area contributed by atoms with Gasteiger partial charge in [-0.3, -0.25) is 9.69 Å². The smallest absolute Gasteiger partial charge is 0.319 e. The highest BCUT2D eigenvalue weighted by molar-refractivity contribution is 6.07. The summed E-state index contributed by atoms with van der Waals surface area (Å²) >= 11 is 0. The van der Waals surface area contributed by atoms with Crippen LogP contribution in [0.4, 0.5) is 18.0 Å². The molecule has 1 aromatic heterocycles. The fraction of sp³-hybridized carbons (Fsp3) is 0.294. The Labute approximate surface area is 147 Å². The number of urea groups is 1. The number of amides is 3. The highest BCUT2D eigenvalue weighted by Crippen LogP contribution is 2.33. The number of benzene rings is 1. The first-order valence-corrected chi connectivity index (χ1v) is 7.71. The molecule has 0 radical (unpaired) electrons. The van der Waals surface area contributed by atoms with Crippen LogP contribution in [0.5, 0.6) is 0 Å². The van der Waals surface area contributed by atoms with Crippen LogP contribution < -0.4 is 5.32 Å². The first-order valence-electron chi connectivity index (χ1n) is 7.71. The van der Waals surface area contributed by atoms with Crippen molar-refractivity contribution in [2.75, 3.05) is 0 Å². The van der Waals surface area contributed by atoms with Gasteiger partial charge in [-0.15, -0.1) is 0 Å². The van der Waals surface area contributed by atoms with Crippen LogP contribution in [0.2, 0.25) is 0 Å². The summed E-state index contributed by atoms with van der Waals surface area (Å²) in [6, 6.07) is 5.17. The van der Waals surface area contributed by atoms with Crippen LogP contribution >= 0.6 is 0 Å². The third kappa shape index (κ3) is 3.12. The number of imide groups is 1. The van der Waals surface area contributed by atoms with Gasteiger partial charge in [-0.05, 0) is 37.6 Å². The van der Waals surface area contributed by atoms with Gasteiger partial charge in [0, 0.05) is 11.9 Å². The summed E-state index contributed by atoms with van der Waals surface area (Å²) in [5, 5.41) is 2.54. The molecular weight excluding hydrogens is 349 g/mol. The summed E-state index contributed by atoms with van der Waals surface area (Å²) in [6.45, 7) is 3.08. The molecule has 3 amide bonds. The van der Waals surface area contributed by atoms with Crippen molar-refractivity contribution in [3.05, 3.63) is 59.2 Å². The van der Waals surface area contributed by atoms with Crippen LogP contribution in [-0.4, -0.2) is 26.8 Å². The van der Waals surface area contributed by atoms with E-state index in [1.54, 1.807) is 13.0 Å². The molecule has 1 fully saturated rings. The van der Waals surface area contributed by atoms with Crippen molar-refractivity contribution in [3.8, 4) is 0 Å². The monoisotopic (exact) mass is 364 g/mol. The normalized spacial score (nSPS) is 20.4. The second kappa shape index (κ2) is 6.08. The molecular formula is C17H15F3N4O2. The first-order chi connectivity index (χ1) is 12.1. The summed E-state index contributed by atoms with van der Waals surface area (Å²) in [5.74, 6) is -0.280. The second-order valence-electron chi connectivity index (χ2n) is 6.14. The van der Waals surface area contributed by atoms with E-state index in [2.05, 4.69) is 15.3 Å². The molecule has 9 heteroatoms. The van der Waals surface area contributed by atoms with E-state index in [1.807, 2.05) is 0 Å². The van der Waals surface area contributed by atoms with Gasteiger partial charge < -0.3 is 5.32 Å². The van der Waals surface area contributed by atoms with Crippen molar-refractivity contribution in [2.24, 2.45) is 0 Å². The van der Waals surface area contributed by atoms with Crippen LogP contribution in [-0.2, 0) is 23.1 Å². The molecule has 0 aliphatic carbocycles. The Morgan fingerprint density at radius 3 is 2.38 bits per heavy atom. The minimum absolute atomic E-state index is 0.122. The highest BCUT2D eigenvalue weighted by Gasteiger charge is 2.49. The topological polar surface area (TPSA) is 75.2 Å². The Kier molecular flexibility index (Phi) is 4.17. The summed E-state index contributed by atoms with van der Waals surface area (Å²) in [6.07, 6.45) is -2.96. The number of alkyl halides is 3. The van der Waals surface area contributed by atoms with E-state index >= 15 is 0 Å². The van der Waals surface area contributed by atoms with Crippen LogP contribution in [0.1, 0.15) is 29.6 Å². The first kappa shape index (κ1) is 17.8. The Morgan fingerprint density at radius 1 is 1.15 bits per heavy atom. The molecule has 1 N–H and O–H groups in total. The third-order valence-corrected chi connectivity index (χ3v) is 4.21. The van der Waals surface area contributed by atoms with Gasteiger partial charge in [0.15, 0.2) is 0 Å². The predicted molar refractivity (Wildman–Crippen MR) is 84.6 cm³/mol. The van der Waals surface area contributed by atoms with E-state index in [0.717, 1.165) is 17.0 Å². The molecule has 1 unspecified atom stereocenters. The zero-order valence-corrected chi connectivity index (χ0v) is 14.0. The molecule has 2 heterocycles. The van der Waals surface area contributed by atoms with E-state index in [4.69, 9.17) is 0 Å². The molecule has 0 bridgehead atoms. The van der Waals surface area contributed by atoms with E-state index in [-0.39, 0.29) is 12.1 Å². The number of nitrogens with one attached hydrogen (secondary N) is 1. The maximum Gasteiger partial charge on any atom is 0.416 e. The lowest BCUT2D eigenvalue weighted by Gasteiger charge is -2.22. The van der Waals surface area contributed by atoms with Gasteiger partial charge in [0.25, 0.3) is 5.91 Å². The van der Waals surface area contributed by atoms with Crippen molar-refractivity contribution in [2.45, 2.75) is 32.1 Å². The largest absolute Gasteiger partial charge is 0.416 e. The molecule has 0 spiro atoms. The molecule has 0 saturated carbocycles. The summed E-state index contributed by atoms with van der Waals surface area (Å²) < 4.78 is 38.1. The number of aryl methyl sites for hydroxylation is 1. The van der Waals surface area contributed by atoms with Gasteiger partial charge in [-0.1, -0.05) is 12.1 Å². The third-order valence-electron chi connectivity index (χ3n) is 4.21. The number of rotatable bonds is 3.